The van der Waals surface area contributed by atoms with Gasteiger partial charge in [-0.1, -0.05) is 54.6 Å². The summed E-state index contributed by atoms with van der Waals surface area (Å²) >= 11 is 0. The first-order valence-electron chi connectivity index (χ1n) is 14.2. The van der Waals surface area contributed by atoms with Gasteiger partial charge in [0.1, 0.15) is 0 Å². The third-order valence-electron chi connectivity index (χ3n) is 8.31. The van der Waals surface area contributed by atoms with Gasteiger partial charge in [0.2, 0.25) is 0 Å². The second kappa shape index (κ2) is 10.7. The molecular weight excluding hydrogens is 500 g/mol. The standard InChI is InChI=1S/C33H40N4O3/c1-32(2,3)37(31(39)40)33(17-9-18-33)25-14-12-24(13-15-25)29-26(23-10-7-6-8-11-23)22-27-28(34-29)16-19-36(30(27)38)21-20-35(4)5/h6-8,10-15,22H,9,16-21H2,1-5H3,(H,39,40). The highest BCUT2D eigenvalue weighted by Crippen LogP contribution is 2.49. The van der Waals surface area contributed by atoms with Gasteiger partial charge in [0, 0.05) is 42.7 Å². The second-order valence-electron chi connectivity index (χ2n) is 12.3. The molecule has 0 bridgehead atoms. The number of carbonyl (C=O) groups is 2. The minimum absolute atomic E-state index is 0.0394. The predicted molar refractivity (Wildman–Crippen MR) is 158 cm³/mol. The third kappa shape index (κ3) is 5.10. The first-order chi connectivity index (χ1) is 19.0. The van der Waals surface area contributed by atoms with Crippen molar-refractivity contribution in [3.05, 3.63) is 77.5 Å². The van der Waals surface area contributed by atoms with Crippen molar-refractivity contribution in [1.29, 1.82) is 0 Å². The lowest BCUT2D eigenvalue weighted by molar-refractivity contribution is -0.0328. The lowest BCUT2D eigenvalue weighted by atomic mass is 9.69. The van der Waals surface area contributed by atoms with Crippen LogP contribution in [0.5, 0.6) is 0 Å². The summed E-state index contributed by atoms with van der Waals surface area (Å²) in [5, 5.41) is 10.2. The Kier molecular flexibility index (Phi) is 7.44. The molecule has 2 heterocycles. The van der Waals surface area contributed by atoms with E-state index in [0.29, 0.717) is 18.7 Å². The van der Waals surface area contributed by atoms with Crippen LogP contribution in [0, 0.1) is 0 Å². The Morgan fingerprint density at radius 2 is 1.68 bits per heavy atom. The highest BCUT2D eigenvalue weighted by molar-refractivity contribution is 5.99. The first-order valence-corrected chi connectivity index (χ1v) is 14.2. The third-order valence-corrected chi connectivity index (χ3v) is 8.31. The van der Waals surface area contributed by atoms with Gasteiger partial charge in [-0.2, -0.15) is 0 Å². The van der Waals surface area contributed by atoms with Crippen LogP contribution >= 0.6 is 0 Å². The van der Waals surface area contributed by atoms with Crippen molar-refractivity contribution in [2.24, 2.45) is 0 Å². The zero-order valence-electron chi connectivity index (χ0n) is 24.3. The smallest absolute Gasteiger partial charge is 0.408 e. The Labute approximate surface area is 237 Å². The molecule has 7 heteroatoms. The number of benzene rings is 2. The number of likely N-dealkylation sites (N-methyl/N-ethyl adjacent to an activating group) is 1. The molecule has 2 aromatic carbocycles. The van der Waals surface area contributed by atoms with Crippen LogP contribution in [0.3, 0.4) is 0 Å². The number of hydrogen-bond donors (Lipinski definition) is 1. The van der Waals surface area contributed by atoms with Crippen LogP contribution in [0.1, 0.15) is 61.6 Å². The molecule has 1 aliphatic heterocycles. The highest BCUT2D eigenvalue weighted by atomic mass is 16.4. The molecule has 2 aliphatic rings. The fraction of sp³-hybridized carbons (Fsp3) is 0.424. The molecule has 1 fully saturated rings. The van der Waals surface area contributed by atoms with E-state index in [2.05, 4.69) is 41.3 Å². The summed E-state index contributed by atoms with van der Waals surface area (Å²) in [7, 11) is 4.04. The number of aromatic nitrogens is 1. The lowest BCUT2D eigenvalue weighted by Gasteiger charge is -2.54. The quantitative estimate of drug-likeness (QED) is 0.390. The fourth-order valence-electron chi connectivity index (χ4n) is 6.24. The molecule has 3 aromatic rings. The van der Waals surface area contributed by atoms with Crippen molar-refractivity contribution >= 4 is 12.0 Å². The molecule has 0 saturated heterocycles. The maximum Gasteiger partial charge on any atom is 0.408 e. The van der Waals surface area contributed by atoms with E-state index in [1.807, 2.05) is 64.0 Å². The maximum absolute atomic E-state index is 13.5. The van der Waals surface area contributed by atoms with E-state index in [1.165, 1.54) is 0 Å². The number of rotatable bonds is 7. The van der Waals surface area contributed by atoms with Gasteiger partial charge >= 0.3 is 6.09 Å². The molecule has 0 unspecified atom stereocenters. The molecular formula is C33H40N4O3. The van der Waals surface area contributed by atoms with Crippen molar-refractivity contribution in [2.45, 2.75) is 57.5 Å². The first kappa shape index (κ1) is 27.8. The van der Waals surface area contributed by atoms with Gasteiger partial charge in [-0.05, 0) is 71.3 Å². The zero-order valence-corrected chi connectivity index (χ0v) is 24.3. The molecule has 2 amide bonds. The molecule has 1 aromatic heterocycles. The molecule has 5 rings (SSSR count). The van der Waals surface area contributed by atoms with Gasteiger partial charge in [0.05, 0.1) is 22.5 Å². The summed E-state index contributed by atoms with van der Waals surface area (Å²) in [6.07, 6.45) is 2.47. The van der Waals surface area contributed by atoms with Gasteiger partial charge in [0.25, 0.3) is 5.91 Å². The summed E-state index contributed by atoms with van der Waals surface area (Å²) in [5.74, 6) is 0.0394. The Morgan fingerprint density at radius 3 is 2.23 bits per heavy atom. The molecule has 1 aliphatic carbocycles. The number of hydrogen-bond acceptors (Lipinski definition) is 4. The number of nitrogens with zero attached hydrogens (tertiary/aromatic N) is 4. The van der Waals surface area contributed by atoms with E-state index in [0.717, 1.165) is 65.9 Å². The Morgan fingerprint density at radius 1 is 1.00 bits per heavy atom. The van der Waals surface area contributed by atoms with Crippen LogP contribution in [-0.2, 0) is 12.0 Å². The van der Waals surface area contributed by atoms with E-state index in [-0.39, 0.29) is 5.91 Å². The largest absolute Gasteiger partial charge is 0.465 e. The zero-order chi connectivity index (χ0) is 28.7. The minimum Gasteiger partial charge on any atom is -0.465 e. The van der Waals surface area contributed by atoms with E-state index < -0.39 is 17.2 Å². The molecule has 0 spiro atoms. The van der Waals surface area contributed by atoms with Gasteiger partial charge in [-0.3, -0.25) is 14.7 Å². The van der Waals surface area contributed by atoms with Crippen molar-refractivity contribution in [3.63, 3.8) is 0 Å². The molecule has 0 atom stereocenters. The van der Waals surface area contributed by atoms with Crippen LogP contribution in [0.2, 0.25) is 0 Å². The van der Waals surface area contributed by atoms with Gasteiger partial charge in [-0.25, -0.2) is 4.79 Å². The molecule has 210 valence electrons. The number of fused-ring (bicyclic) bond motifs is 1. The summed E-state index contributed by atoms with van der Waals surface area (Å²) in [6.45, 7) is 8.06. The number of amides is 2. The highest BCUT2D eigenvalue weighted by Gasteiger charge is 2.50. The van der Waals surface area contributed by atoms with Crippen LogP contribution in [0.15, 0.2) is 60.7 Å². The Balaban J connectivity index is 1.55. The van der Waals surface area contributed by atoms with Crippen LogP contribution in [-0.4, -0.2) is 76.1 Å². The molecule has 7 nitrogen and oxygen atoms in total. The summed E-state index contributed by atoms with van der Waals surface area (Å²) in [4.78, 5) is 36.6. The van der Waals surface area contributed by atoms with E-state index in [4.69, 9.17) is 4.98 Å². The SMILES string of the molecule is CN(C)CCN1CCc2nc(-c3ccc(C4(N(C(=O)O)C(C)(C)C)CCC4)cc3)c(-c3ccccc3)cc2C1=O. The number of carbonyl (C=O) groups excluding carboxylic acids is 1. The van der Waals surface area contributed by atoms with E-state index >= 15 is 0 Å². The minimum atomic E-state index is -0.886. The lowest BCUT2D eigenvalue weighted by Crippen LogP contribution is -2.60. The van der Waals surface area contributed by atoms with Crippen LogP contribution < -0.4 is 0 Å². The normalized spacial score (nSPS) is 16.4. The summed E-state index contributed by atoms with van der Waals surface area (Å²) in [6, 6.07) is 20.4. The van der Waals surface area contributed by atoms with Crippen molar-refractivity contribution in [1.82, 2.24) is 19.7 Å². The van der Waals surface area contributed by atoms with Gasteiger partial charge in [0.15, 0.2) is 0 Å². The van der Waals surface area contributed by atoms with Crippen molar-refractivity contribution < 1.29 is 14.7 Å². The van der Waals surface area contributed by atoms with Crippen LogP contribution in [0.25, 0.3) is 22.4 Å². The van der Waals surface area contributed by atoms with Gasteiger partial charge < -0.3 is 14.9 Å². The van der Waals surface area contributed by atoms with E-state index in [1.54, 1.807) is 4.90 Å². The van der Waals surface area contributed by atoms with Crippen LogP contribution in [0.4, 0.5) is 4.79 Å². The Hall–Kier alpha value is -3.71. The average molecular weight is 541 g/mol. The number of carboxylic acid groups (broad SMARTS) is 1. The van der Waals surface area contributed by atoms with Gasteiger partial charge in [-0.15, -0.1) is 0 Å². The average Bonchev–Trinajstić information content (AvgIpc) is 2.89. The van der Waals surface area contributed by atoms with Crippen molar-refractivity contribution in [3.8, 4) is 22.4 Å². The predicted octanol–water partition coefficient (Wildman–Crippen LogP) is 6.13. The monoisotopic (exact) mass is 540 g/mol. The van der Waals surface area contributed by atoms with E-state index in [9.17, 15) is 14.7 Å². The molecule has 1 N–H and O–H groups in total. The fourth-order valence-corrected chi connectivity index (χ4v) is 6.24. The molecule has 40 heavy (non-hydrogen) atoms. The summed E-state index contributed by atoms with van der Waals surface area (Å²) < 4.78 is 0. The molecule has 0 radical (unpaired) electrons. The number of pyridine rings is 1. The second-order valence-corrected chi connectivity index (χ2v) is 12.3. The maximum atomic E-state index is 13.5. The van der Waals surface area contributed by atoms with Crippen molar-refractivity contribution in [2.75, 3.05) is 33.7 Å². The molecule has 1 saturated carbocycles. The Bertz CT molecular complexity index is 1390. The topological polar surface area (TPSA) is 77.0 Å². The summed E-state index contributed by atoms with van der Waals surface area (Å²) in [5.41, 5.74) is 5.25.